The second kappa shape index (κ2) is 7.11. The third-order valence-electron chi connectivity index (χ3n) is 2.06. The van der Waals surface area contributed by atoms with Gasteiger partial charge in [0.15, 0.2) is 0 Å². The van der Waals surface area contributed by atoms with E-state index in [1.165, 1.54) is 11.4 Å². The lowest BCUT2D eigenvalue weighted by molar-refractivity contribution is 0.237. The summed E-state index contributed by atoms with van der Waals surface area (Å²) in [5, 5.41) is 0.536. The molecule has 3 nitrogen and oxygen atoms in total. The van der Waals surface area contributed by atoms with Crippen LogP contribution in [0, 0.1) is 0 Å². The Morgan fingerprint density at radius 1 is 1.35 bits per heavy atom. The van der Waals surface area contributed by atoms with Crippen LogP contribution in [0.5, 0.6) is 0 Å². The van der Waals surface area contributed by atoms with Gasteiger partial charge < -0.3 is 9.05 Å². The minimum Gasteiger partial charge on any atom is -0.301 e. The van der Waals surface area contributed by atoms with E-state index >= 15 is 0 Å². The monoisotopic (exact) mass is 316 g/mol. The molecule has 0 radical (unpaired) electrons. The van der Waals surface area contributed by atoms with E-state index in [2.05, 4.69) is 13.8 Å². The third-order valence-corrected chi connectivity index (χ3v) is 9.67. The average Bonchev–Trinajstić information content (AvgIpc) is 2.56. The first-order valence-corrected chi connectivity index (χ1v) is 10.8. The van der Waals surface area contributed by atoms with Crippen LogP contribution in [-0.4, -0.2) is 34.0 Å². The van der Waals surface area contributed by atoms with Crippen LogP contribution >= 0.6 is 41.7 Å². The lowest BCUT2D eigenvalue weighted by Gasteiger charge is -2.18. The summed E-state index contributed by atoms with van der Waals surface area (Å²) in [4.78, 5) is 0. The molecule has 1 unspecified atom stereocenters. The van der Waals surface area contributed by atoms with Crippen LogP contribution in [0.3, 0.4) is 0 Å². The minimum atomic E-state index is -2.92. The molecular weight excluding hydrogens is 295 g/mol. The van der Waals surface area contributed by atoms with Gasteiger partial charge in [0.05, 0.1) is 17.3 Å². The largest absolute Gasteiger partial charge is 0.389 e. The number of thioether (sulfide) groups is 2. The molecule has 1 saturated heterocycles. The molecule has 7 heteroatoms. The first-order valence-electron chi connectivity index (χ1n) is 5.76. The molecule has 0 N–H and O–H groups in total. The van der Waals surface area contributed by atoms with Crippen LogP contribution in [0.4, 0.5) is 0 Å². The molecule has 1 fully saturated rings. The Kier molecular flexibility index (Phi) is 6.80. The summed E-state index contributed by atoms with van der Waals surface area (Å²) < 4.78 is 23.0. The van der Waals surface area contributed by atoms with Crippen LogP contribution < -0.4 is 0 Å². The van der Waals surface area contributed by atoms with Crippen LogP contribution in [0.25, 0.3) is 0 Å². The summed E-state index contributed by atoms with van der Waals surface area (Å²) in [5.74, 6) is 1.95. The maximum absolute atomic E-state index is 12.2. The third kappa shape index (κ3) is 5.79. The molecule has 1 heterocycles. The minimum absolute atomic E-state index is 0.284. The Labute approximate surface area is 117 Å². The van der Waals surface area contributed by atoms with Crippen LogP contribution in [0.2, 0.25) is 0 Å². The van der Waals surface area contributed by atoms with Gasteiger partial charge in [-0.05, 0) is 39.1 Å². The van der Waals surface area contributed by atoms with Gasteiger partial charge in [0.1, 0.15) is 0 Å². The molecule has 0 saturated carbocycles. The van der Waals surface area contributed by atoms with Crippen molar-refractivity contribution < 1.29 is 13.6 Å². The standard InChI is InChI=1S/C10H21O3PS3/c1-5-12-14(11,13-6-2)16-8-9-7-15-10(3,4)17-9/h9H,5-8H2,1-4H3. The fraction of sp³-hybridized carbons (Fsp3) is 1.00. The summed E-state index contributed by atoms with van der Waals surface area (Å²) in [6.45, 7) is 6.10. The molecule has 0 aliphatic carbocycles. The lowest BCUT2D eigenvalue weighted by Crippen LogP contribution is -2.08. The molecular formula is C10H21O3PS3. The first-order chi connectivity index (χ1) is 7.91. The van der Waals surface area contributed by atoms with Crippen molar-refractivity contribution in [1.82, 2.24) is 0 Å². The predicted molar refractivity (Wildman–Crippen MR) is 81.2 cm³/mol. The first kappa shape index (κ1) is 16.3. The SMILES string of the molecule is CCOP(=O)(OCC)SCC1CSC(C)(C)S1. The van der Waals surface area contributed by atoms with Gasteiger partial charge >= 0.3 is 6.80 Å². The van der Waals surface area contributed by atoms with Gasteiger partial charge in [-0.1, -0.05) is 0 Å². The summed E-state index contributed by atoms with van der Waals surface area (Å²) in [6.07, 6.45) is 0. The van der Waals surface area contributed by atoms with Crippen molar-refractivity contribution in [3.63, 3.8) is 0 Å². The van der Waals surface area contributed by atoms with Crippen LogP contribution in [0.15, 0.2) is 0 Å². The zero-order chi connectivity index (χ0) is 12.9. The van der Waals surface area contributed by atoms with Gasteiger partial charge in [-0.2, -0.15) is 0 Å². The Bertz CT molecular complexity index is 276. The zero-order valence-electron chi connectivity index (χ0n) is 10.8. The predicted octanol–water partition coefficient (Wildman–Crippen LogP) is 4.49. The van der Waals surface area contributed by atoms with Gasteiger partial charge in [0, 0.05) is 16.8 Å². The van der Waals surface area contributed by atoms with Crippen molar-refractivity contribution in [3.05, 3.63) is 0 Å². The van der Waals surface area contributed by atoms with Crippen molar-refractivity contribution in [2.45, 2.75) is 37.0 Å². The van der Waals surface area contributed by atoms with Crippen molar-refractivity contribution in [2.24, 2.45) is 0 Å². The molecule has 1 atom stereocenters. The number of hydrogen-bond acceptors (Lipinski definition) is 6. The van der Waals surface area contributed by atoms with E-state index in [-0.39, 0.29) is 4.08 Å². The van der Waals surface area contributed by atoms with Gasteiger partial charge in [0.25, 0.3) is 0 Å². The molecule has 1 rings (SSSR count). The van der Waals surface area contributed by atoms with Crippen LogP contribution in [-0.2, 0) is 13.6 Å². The molecule has 1 aliphatic heterocycles. The second-order valence-corrected chi connectivity index (χ2v) is 12.0. The molecule has 0 spiro atoms. The van der Waals surface area contributed by atoms with E-state index < -0.39 is 6.80 Å². The fourth-order valence-electron chi connectivity index (χ4n) is 1.45. The second-order valence-electron chi connectivity index (χ2n) is 4.03. The zero-order valence-corrected chi connectivity index (χ0v) is 14.1. The normalized spacial score (nSPS) is 24.1. The molecule has 17 heavy (non-hydrogen) atoms. The van der Waals surface area contributed by atoms with E-state index in [1.807, 2.05) is 37.4 Å². The molecule has 0 aromatic carbocycles. The summed E-state index contributed by atoms with van der Waals surface area (Å²) >= 11 is 5.27. The Morgan fingerprint density at radius 2 is 1.94 bits per heavy atom. The van der Waals surface area contributed by atoms with Crippen molar-refractivity contribution in [3.8, 4) is 0 Å². The summed E-state index contributed by atoms with van der Waals surface area (Å²) in [6, 6.07) is 0. The van der Waals surface area contributed by atoms with E-state index in [4.69, 9.17) is 9.05 Å². The topological polar surface area (TPSA) is 35.5 Å². The molecule has 0 aromatic heterocycles. The highest BCUT2D eigenvalue weighted by Crippen LogP contribution is 2.62. The molecule has 0 aromatic rings. The fourth-order valence-corrected chi connectivity index (χ4v) is 8.73. The van der Waals surface area contributed by atoms with Crippen molar-refractivity contribution >= 4 is 41.7 Å². The Morgan fingerprint density at radius 3 is 2.35 bits per heavy atom. The Balaban J connectivity index is 2.40. The quantitative estimate of drug-likeness (QED) is 0.644. The van der Waals surface area contributed by atoms with E-state index in [0.29, 0.717) is 18.5 Å². The summed E-state index contributed by atoms with van der Waals surface area (Å²) in [7, 11) is 0. The molecule has 0 amide bonds. The maximum Gasteiger partial charge on any atom is 0.389 e. The average molecular weight is 316 g/mol. The van der Waals surface area contributed by atoms with Gasteiger partial charge in [-0.15, -0.1) is 23.5 Å². The highest BCUT2D eigenvalue weighted by molar-refractivity contribution is 8.55. The highest BCUT2D eigenvalue weighted by Gasteiger charge is 2.35. The lowest BCUT2D eigenvalue weighted by atomic mass is 10.5. The van der Waals surface area contributed by atoms with Crippen LogP contribution in [0.1, 0.15) is 27.7 Å². The van der Waals surface area contributed by atoms with Gasteiger partial charge in [-0.25, -0.2) is 4.57 Å². The molecule has 0 bridgehead atoms. The number of rotatable bonds is 7. The van der Waals surface area contributed by atoms with Gasteiger partial charge in [-0.3, -0.25) is 0 Å². The molecule has 1 aliphatic rings. The maximum atomic E-state index is 12.2. The molecule has 102 valence electrons. The van der Waals surface area contributed by atoms with Crippen molar-refractivity contribution in [1.29, 1.82) is 0 Å². The van der Waals surface area contributed by atoms with E-state index in [0.717, 1.165) is 11.5 Å². The number of hydrogen-bond donors (Lipinski definition) is 0. The van der Waals surface area contributed by atoms with E-state index in [9.17, 15) is 4.57 Å². The smallest absolute Gasteiger partial charge is 0.301 e. The Hall–Kier alpha value is 1.20. The summed E-state index contributed by atoms with van der Waals surface area (Å²) in [5.41, 5.74) is 0. The highest BCUT2D eigenvalue weighted by atomic mass is 32.7. The van der Waals surface area contributed by atoms with E-state index in [1.54, 1.807) is 0 Å². The van der Waals surface area contributed by atoms with Gasteiger partial charge in [0.2, 0.25) is 0 Å². The van der Waals surface area contributed by atoms with Crippen molar-refractivity contribution in [2.75, 3.05) is 24.7 Å².